The second kappa shape index (κ2) is 42.7. The van der Waals surface area contributed by atoms with Crippen LogP contribution < -0.4 is 5.11 Å². The maximum Gasteiger partial charge on any atom is 0.306 e. The smallest absolute Gasteiger partial charge is 0.306 e. The summed E-state index contributed by atoms with van der Waals surface area (Å²) in [6, 6.07) is 0. The van der Waals surface area contributed by atoms with E-state index in [2.05, 4.69) is 26.0 Å². The largest absolute Gasteiger partial charge is 0.545 e. The third-order valence-corrected chi connectivity index (χ3v) is 11.0. The van der Waals surface area contributed by atoms with Gasteiger partial charge in [0.1, 0.15) is 13.2 Å². The molecule has 0 heterocycles. The lowest BCUT2D eigenvalue weighted by Gasteiger charge is -2.26. The highest BCUT2D eigenvalue weighted by molar-refractivity contribution is 5.70. The molecule has 0 aromatic carbocycles. The Labute approximate surface area is 364 Å². The van der Waals surface area contributed by atoms with E-state index in [1.54, 1.807) is 0 Å². The molecule has 59 heavy (non-hydrogen) atoms. The highest BCUT2D eigenvalue weighted by Crippen LogP contribution is 2.16. The van der Waals surface area contributed by atoms with Gasteiger partial charge in [-0.15, -0.1) is 0 Å². The number of esters is 2. The quantitative estimate of drug-likeness (QED) is 0.0196. The molecule has 0 aromatic heterocycles. The molecule has 9 nitrogen and oxygen atoms in total. The first-order valence-electron chi connectivity index (χ1n) is 24.8. The first-order valence-corrected chi connectivity index (χ1v) is 24.8. The van der Waals surface area contributed by atoms with Crippen molar-refractivity contribution in [2.45, 2.75) is 245 Å². The Morgan fingerprint density at radius 3 is 1.25 bits per heavy atom. The molecule has 0 fully saturated rings. The van der Waals surface area contributed by atoms with Crippen LogP contribution in [0.2, 0.25) is 0 Å². The van der Waals surface area contributed by atoms with Gasteiger partial charge in [0, 0.05) is 12.8 Å². The minimum absolute atomic E-state index is 0.150. The number of aliphatic carboxylic acids is 1. The van der Waals surface area contributed by atoms with Gasteiger partial charge in [0.05, 0.1) is 40.3 Å². The van der Waals surface area contributed by atoms with Gasteiger partial charge >= 0.3 is 11.9 Å². The van der Waals surface area contributed by atoms with Gasteiger partial charge in [-0.25, -0.2) is 0 Å². The lowest BCUT2D eigenvalue weighted by Crippen LogP contribution is -2.44. The Balaban J connectivity index is 4.35. The van der Waals surface area contributed by atoms with E-state index >= 15 is 0 Å². The molecule has 2 unspecified atom stereocenters. The van der Waals surface area contributed by atoms with Gasteiger partial charge in [-0.3, -0.25) is 9.59 Å². The Morgan fingerprint density at radius 1 is 0.492 bits per heavy atom. The molecule has 348 valence electrons. The lowest BCUT2D eigenvalue weighted by molar-refractivity contribution is -0.870. The van der Waals surface area contributed by atoms with Crippen LogP contribution in [0.25, 0.3) is 0 Å². The number of hydrogen-bond acceptors (Lipinski definition) is 8. The third-order valence-electron chi connectivity index (χ3n) is 11.0. The minimum Gasteiger partial charge on any atom is -0.545 e. The van der Waals surface area contributed by atoms with E-state index in [9.17, 15) is 19.5 Å². The van der Waals surface area contributed by atoms with Crippen molar-refractivity contribution in [3.63, 3.8) is 0 Å². The molecule has 0 saturated heterocycles. The number of likely N-dealkylation sites (N-methyl/N-ethyl adjacent to an activating group) is 1. The van der Waals surface area contributed by atoms with Crippen LogP contribution in [-0.2, 0) is 33.3 Å². The van der Waals surface area contributed by atoms with Crippen LogP contribution in [0.15, 0.2) is 12.2 Å². The molecule has 0 N–H and O–H groups in total. The van der Waals surface area contributed by atoms with Gasteiger partial charge in [-0.05, 0) is 38.5 Å². The number of unbranched alkanes of at least 4 members (excludes halogenated alkanes) is 29. The summed E-state index contributed by atoms with van der Waals surface area (Å²) >= 11 is 0. The van der Waals surface area contributed by atoms with E-state index in [-0.39, 0.29) is 32.2 Å². The number of carbonyl (C=O) groups is 3. The summed E-state index contributed by atoms with van der Waals surface area (Å²) in [6.45, 7) is 4.77. The first kappa shape index (κ1) is 57.0. The molecule has 0 aliphatic carbocycles. The molecule has 9 heteroatoms. The lowest BCUT2D eigenvalue weighted by atomic mass is 10.0. The molecular formula is C50H95NO8. The minimum atomic E-state index is -1.62. The third kappa shape index (κ3) is 43.9. The second-order valence-corrected chi connectivity index (χ2v) is 18.1. The molecule has 0 aliphatic rings. The molecule has 0 bridgehead atoms. The molecule has 0 amide bonds. The summed E-state index contributed by atoms with van der Waals surface area (Å²) in [6.07, 6.45) is 42.4. The van der Waals surface area contributed by atoms with Crippen LogP contribution in [0.3, 0.4) is 0 Å². The summed E-state index contributed by atoms with van der Waals surface area (Å²) in [5.41, 5.74) is 0. The number of allylic oxidation sites excluding steroid dienone is 2. The molecule has 0 rings (SSSR count). The van der Waals surface area contributed by atoms with Crippen molar-refractivity contribution in [1.29, 1.82) is 0 Å². The van der Waals surface area contributed by atoms with Crippen molar-refractivity contribution in [2.24, 2.45) is 0 Å². The number of carboxylic acid groups (broad SMARTS) is 1. The molecule has 0 aromatic rings. The monoisotopic (exact) mass is 838 g/mol. The van der Waals surface area contributed by atoms with Gasteiger partial charge in [0.25, 0.3) is 0 Å². The zero-order chi connectivity index (χ0) is 43.5. The molecule has 0 aliphatic heterocycles. The van der Waals surface area contributed by atoms with Gasteiger partial charge < -0.3 is 33.3 Å². The SMILES string of the molecule is CCCCCCCCC/C=C\CCCCCCCCCC(=O)OC(COC(=O)CCCCCCCCCCCCCCCCCC)COC(OCC[N+](C)(C)C)C(=O)[O-]. The molecular weight excluding hydrogens is 743 g/mol. The fraction of sp³-hybridized carbons (Fsp3) is 0.900. The summed E-state index contributed by atoms with van der Waals surface area (Å²) in [5, 5.41) is 11.7. The van der Waals surface area contributed by atoms with E-state index in [4.69, 9.17) is 18.9 Å². The topological polar surface area (TPSA) is 111 Å². The van der Waals surface area contributed by atoms with Crippen molar-refractivity contribution in [3.05, 3.63) is 12.2 Å². The van der Waals surface area contributed by atoms with Crippen LogP contribution >= 0.6 is 0 Å². The van der Waals surface area contributed by atoms with Crippen molar-refractivity contribution in [2.75, 3.05) is 47.5 Å². The van der Waals surface area contributed by atoms with Crippen molar-refractivity contribution < 1.29 is 42.9 Å². The average molecular weight is 838 g/mol. The van der Waals surface area contributed by atoms with Crippen molar-refractivity contribution in [1.82, 2.24) is 0 Å². The number of carboxylic acids is 1. The Kier molecular flexibility index (Phi) is 41.3. The van der Waals surface area contributed by atoms with Crippen LogP contribution in [0, 0.1) is 0 Å². The van der Waals surface area contributed by atoms with E-state index < -0.39 is 24.3 Å². The number of carbonyl (C=O) groups excluding carboxylic acids is 3. The fourth-order valence-corrected chi connectivity index (χ4v) is 7.12. The second-order valence-electron chi connectivity index (χ2n) is 18.1. The van der Waals surface area contributed by atoms with E-state index in [0.717, 1.165) is 44.9 Å². The number of rotatable bonds is 46. The fourth-order valence-electron chi connectivity index (χ4n) is 7.12. The molecule has 2 atom stereocenters. The van der Waals surface area contributed by atoms with Crippen LogP contribution in [0.5, 0.6) is 0 Å². The number of quaternary nitrogens is 1. The first-order chi connectivity index (χ1) is 28.6. The molecule has 0 radical (unpaired) electrons. The van der Waals surface area contributed by atoms with Gasteiger partial charge in [0.2, 0.25) is 0 Å². The van der Waals surface area contributed by atoms with Crippen LogP contribution in [-0.4, -0.2) is 82.3 Å². The maximum absolute atomic E-state index is 12.8. The number of nitrogens with zero attached hydrogens (tertiary/aromatic N) is 1. The highest BCUT2D eigenvalue weighted by Gasteiger charge is 2.22. The summed E-state index contributed by atoms with van der Waals surface area (Å²) in [5.74, 6) is -2.27. The van der Waals surface area contributed by atoms with Gasteiger partial charge in [-0.2, -0.15) is 0 Å². The Bertz CT molecular complexity index is 980. The molecule has 0 spiro atoms. The van der Waals surface area contributed by atoms with Crippen LogP contribution in [0.4, 0.5) is 0 Å². The predicted octanol–water partition coefficient (Wildman–Crippen LogP) is 12.1. The highest BCUT2D eigenvalue weighted by atomic mass is 16.7. The van der Waals surface area contributed by atoms with Gasteiger partial charge in [0.15, 0.2) is 12.4 Å². The summed E-state index contributed by atoms with van der Waals surface area (Å²) in [7, 11) is 5.92. The number of hydrogen-bond donors (Lipinski definition) is 0. The number of ether oxygens (including phenoxy) is 4. The zero-order valence-electron chi connectivity index (χ0n) is 39.4. The normalized spacial score (nSPS) is 12.9. The molecule has 0 saturated carbocycles. The zero-order valence-corrected chi connectivity index (χ0v) is 39.4. The average Bonchev–Trinajstić information content (AvgIpc) is 3.19. The summed E-state index contributed by atoms with van der Waals surface area (Å²) < 4.78 is 22.6. The van der Waals surface area contributed by atoms with E-state index in [0.29, 0.717) is 23.9 Å². The van der Waals surface area contributed by atoms with E-state index in [1.807, 2.05) is 21.1 Å². The predicted molar refractivity (Wildman–Crippen MR) is 242 cm³/mol. The standard InChI is InChI=1S/C50H95NO8/c1-6-8-10-12-14-16-18-20-22-24-25-27-29-31-33-35-37-39-41-48(53)59-46(45-58-50(49(54)55)56-43-42-51(3,4)5)44-57-47(52)40-38-36-34-32-30-28-26-23-21-19-17-15-13-11-9-7-2/h22,24,46,50H,6-21,23,25-45H2,1-5H3/b24-22-. The van der Waals surface area contributed by atoms with Crippen molar-refractivity contribution >= 4 is 17.9 Å². The summed E-state index contributed by atoms with van der Waals surface area (Å²) in [4.78, 5) is 37.1. The van der Waals surface area contributed by atoms with Gasteiger partial charge in [-0.1, -0.05) is 193 Å². The van der Waals surface area contributed by atoms with E-state index in [1.165, 1.54) is 154 Å². The Morgan fingerprint density at radius 2 is 0.864 bits per heavy atom. The Hall–Kier alpha value is -1.97. The van der Waals surface area contributed by atoms with Crippen molar-refractivity contribution in [3.8, 4) is 0 Å². The maximum atomic E-state index is 12.8. The van der Waals surface area contributed by atoms with Crippen LogP contribution in [0.1, 0.15) is 232 Å².